The number of hydrogen-bond acceptors (Lipinski definition) is 6. The molecule has 1 heterocycles. The lowest BCUT2D eigenvalue weighted by Crippen LogP contribution is -2.18. The molecule has 11 heteroatoms. The predicted molar refractivity (Wildman–Crippen MR) is 119 cm³/mol. The first kappa shape index (κ1) is 23.7. The van der Waals surface area contributed by atoms with Crippen LogP contribution in [0.5, 0.6) is 0 Å². The van der Waals surface area contributed by atoms with Crippen molar-refractivity contribution in [1.29, 1.82) is 0 Å². The molecular weight excluding hydrogens is 459 g/mol. The van der Waals surface area contributed by atoms with E-state index in [4.69, 9.17) is 16.1 Å². The normalized spacial score (nSPS) is 11.9. The number of halogens is 2. The summed E-state index contributed by atoms with van der Waals surface area (Å²) in [7, 11) is -4.23. The molecule has 0 spiro atoms. The third-order valence-corrected chi connectivity index (χ3v) is 5.96. The molecule has 170 valence electrons. The van der Waals surface area contributed by atoms with Gasteiger partial charge in [-0.3, -0.25) is 9.52 Å². The van der Waals surface area contributed by atoms with Gasteiger partial charge in [0.15, 0.2) is 5.82 Å². The Morgan fingerprint density at radius 2 is 1.88 bits per heavy atom. The van der Waals surface area contributed by atoms with Crippen molar-refractivity contribution in [3.8, 4) is 0 Å². The molecule has 1 aromatic heterocycles. The Bertz CT molecular complexity index is 1240. The molecule has 3 aromatic rings. The van der Waals surface area contributed by atoms with Crippen molar-refractivity contribution in [1.82, 2.24) is 10.1 Å². The number of carbonyl (C=O) groups is 1. The lowest BCUT2D eigenvalue weighted by atomic mass is 9.96. The van der Waals surface area contributed by atoms with E-state index in [0.29, 0.717) is 11.7 Å². The summed E-state index contributed by atoms with van der Waals surface area (Å²) in [6, 6.07) is 9.20. The number of benzene rings is 2. The van der Waals surface area contributed by atoms with Gasteiger partial charge in [0.1, 0.15) is 10.7 Å². The third kappa shape index (κ3) is 5.83. The number of hydrogen-bond donors (Lipinski definition) is 2. The summed E-state index contributed by atoms with van der Waals surface area (Å²) < 4.78 is 46.7. The van der Waals surface area contributed by atoms with E-state index < -0.39 is 26.6 Å². The van der Waals surface area contributed by atoms with Crippen molar-refractivity contribution in [3.63, 3.8) is 0 Å². The highest BCUT2D eigenvalue weighted by Crippen LogP contribution is 2.29. The number of aromatic nitrogens is 2. The minimum Gasteiger partial charge on any atom is -0.339 e. The second kappa shape index (κ2) is 9.25. The van der Waals surface area contributed by atoms with Gasteiger partial charge in [-0.15, -0.1) is 0 Å². The molecule has 2 N–H and O–H groups in total. The van der Waals surface area contributed by atoms with Gasteiger partial charge in [0.2, 0.25) is 11.8 Å². The van der Waals surface area contributed by atoms with Gasteiger partial charge in [0.25, 0.3) is 10.0 Å². The molecular formula is C21H22ClFN4O4S. The van der Waals surface area contributed by atoms with E-state index >= 15 is 0 Å². The topological polar surface area (TPSA) is 114 Å². The first-order valence-electron chi connectivity index (χ1n) is 9.65. The molecule has 8 nitrogen and oxygen atoms in total. The Kier molecular flexibility index (Phi) is 6.85. The number of rotatable bonds is 7. The Balaban J connectivity index is 1.73. The molecule has 0 saturated carbocycles. The second-order valence-corrected chi connectivity index (χ2v) is 10.1. The van der Waals surface area contributed by atoms with Crippen LogP contribution in [0.4, 0.5) is 15.8 Å². The summed E-state index contributed by atoms with van der Waals surface area (Å²) in [6.07, 6.45) is 0.212. The van der Waals surface area contributed by atoms with Crippen molar-refractivity contribution in [3.05, 3.63) is 65.0 Å². The predicted octanol–water partition coefficient (Wildman–Crippen LogP) is 4.53. The Morgan fingerprint density at radius 3 is 2.53 bits per heavy atom. The highest BCUT2D eigenvalue weighted by molar-refractivity contribution is 7.92. The summed E-state index contributed by atoms with van der Waals surface area (Å²) in [5.41, 5.74) is -0.114. The fourth-order valence-corrected chi connectivity index (χ4v) is 4.00. The van der Waals surface area contributed by atoms with Crippen molar-refractivity contribution < 1.29 is 22.1 Å². The first-order valence-corrected chi connectivity index (χ1v) is 11.5. The maximum Gasteiger partial charge on any atom is 0.264 e. The van der Waals surface area contributed by atoms with E-state index in [1.165, 1.54) is 30.3 Å². The lowest BCUT2D eigenvalue weighted by molar-refractivity contribution is -0.116. The monoisotopic (exact) mass is 480 g/mol. The minimum atomic E-state index is -4.23. The van der Waals surface area contributed by atoms with Gasteiger partial charge in [-0.2, -0.15) is 4.98 Å². The average molecular weight is 481 g/mol. The zero-order valence-corrected chi connectivity index (χ0v) is 19.2. The SMILES string of the molecule is CC(C)(C)c1noc(CCC(=O)Nc2cc(Cl)ccc2NS(=O)(=O)c2ccccc2F)n1. The highest BCUT2D eigenvalue weighted by Gasteiger charge is 2.22. The molecule has 0 atom stereocenters. The van der Waals surface area contributed by atoms with Crippen LogP contribution in [0.1, 0.15) is 38.9 Å². The molecule has 1 amide bonds. The van der Waals surface area contributed by atoms with E-state index in [1.807, 2.05) is 20.8 Å². The molecule has 0 fully saturated rings. The highest BCUT2D eigenvalue weighted by atomic mass is 35.5. The Labute approximate surface area is 190 Å². The molecule has 0 aliphatic heterocycles. The van der Waals surface area contributed by atoms with Crippen molar-refractivity contribution in [2.24, 2.45) is 0 Å². The fraction of sp³-hybridized carbons (Fsp3) is 0.286. The summed E-state index contributed by atoms with van der Waals surface area (Å²) in [5.74, 6) is -0.466. The standard InChI is InChI=1S/C21H22ClFN4O4S/c1-21(2,3)20-25-19(31-26-20)11-10-18(28)24-16-12-13(22)8-9-15(16)27-32(29,30)17-7-5-4-6-14(17)23/h4-9,12,27H,10-11H2,1-3H3,(H,24,28). The van der Waals surface area contributed by atoms with E-state index in [9.17, 15) is 17.6 Å². The average Bonchev–Trinajstić information content (AvgIpc) is 3.18. The van der Waals surface area contributed by atoms with Crippen LogP contribution in [0, 0.1) is 5.82 Å². The number of amides is 1. The molecule has 0 aliphatic rings. The zero-order chi connectivity index (χ0) is 23.5. The second-order valence-electron chi connectivity index (χ2n) is 8.04. The van der Waals surface area contributed by atoms with Gasteiger partial charge in [0.05, 0.1) is 11.4 Å². The van der Waals surface area contributed by atoms with E-state index in [0.717, 1.165) is 12.1 Å². The van der Waals surface area contributed by atoms with Gasteiger partial charge in [-0.25, -0.2) is 12.8 Å². The molecule has 0 bridgehead atoms. The summed E-state index contributed by atoms with van der Waals surface area (Å²) in [4.78, 5) is 16.2. The van der Waals surface area contributed by atoms with Gasteiger partial charge < -0.3 is 9.84 Å². The quantitative estimate of drug-likeness (QED) is 0.513. The zero-order valence-electron chi connectivity index (χ0n) is 17.6. The fourth-order valence-electron chi connectivity index (χ4n) is 2.67. The number of carbonyl (C=O) groups excluding carboxylic acids is 1. The number of aryl methyl sites for hydroxylation is 1. The number of anilines is 2. The smallest absolute Gasteiger partial charge is 0.264 e. The van der Waals surface area contributed by atoms with Gasteiger partial charge in [0, 0.05) is 23.3 Å². The maximum absolute atomic E-state index is 14.0. The van der Waals surface area contributed by atoms with Crippen LogP contribution in [-0.4, -0.2) is 24.5 Å². The molecule has 2 aromatic carbocycles. The van der Waals surface area contributed by atoms with Crippen molar-refractivity contribution in [2.75, 3.05) is 10.0 Å². The first-order chi connectivity index (χ1) is 15.0. The lowest BCUT2D eigenvalue weighted by Gasteiger charge is -2.14. The van der Waals surface area contributed by atoms with Gasteiger partial charge in [-0.05, 0) is 30.3 Å². The number of nitrogens with one attached hydrogen (secondary N) is 2. The van der Waals surface area contributed by atoms with E-state index in [2.05, 4.69) is 20.2 Å². The maximum atomic E-state index is 14.0. The van der Waals surface area contributed by atoms with Crippen LogP contribution in [0.15, 0.2) is 51.9 Å². The van der Waals surface area contributed by atoms with Crippen LogP contribution in [0.25, 0.3) is 0 Å². The van der Waals surface area contributed by atoms with Gasteiger partial charge in [-0.1, -0.05) is 49.7 Å². The molecule has 0 unspecified atom stereocenters. The summed E-state index contributed by atoms with van der Waals surface area (Å²) in [5, 5.41) is 6.80. The molecule has 0 saturated heterocycles. The summed E-state index contributed by atoms with van der Waals surface area (Å²) >= 11 is 6.01. The Morgan fingerprint density at radius 1 is 1.16 bits per heavy atom. The van der Waals surface area contributed by atoms with Crippen LogP contribution < -0.4 is 10.0 Å². The van der Waals surface area contributed by atoms with Crippen LogP contribution in [0.3, 0.4) is 0 Å². The van der Waals surface area contributed by atoms with E-state index in [1.54, 1.807) is 0 Å². The minimum absolute atomic E-state index is 0.0117. The van der Waals surface area contributed by atoms with Crippen LogP contribution >= 0.6 is 11.6 Å². The number of nitrogens with zero attached hydrogens (tertiary/aromatic N) is 2. The van der Waals surface area contributed by atoms with Crippen molar-refractivity contribution in [2.45, 2.75) is 43.9 Å². The van der Waals surface area contributed by atoms with Gasteiger partial charge >= 0.3 is 0 Å². The van der Waals surface area contributed by atoms with Crippen LogP contribution in [0.2, 0.25) is 5.02 Å². The molecule has 32 heavy (non-hydrogen) atoms. The van der Waals surface area contributed by atoms with Crippen LogP contribution in [-0.2, 0) is 26.7 Å². The third-order valence-electron chi connectivity index (χ3n) is 4.33. The summed E-state index contributed by atoms with van der Waals surface area (Å²) in [6.45, 7) is 5.83. The van der Waals surface area contributed by atoms with Crippen molar-refractivity contribution >= 4 is 38.9 Å². The molecule has 3 rings (SSSR count). The Hall–Kier alpha value is -2.98. The molecule has 0 aliphatic carbocycles. The largest absolute Gasteiger partial charge is 0.339 e. The number of sulfonamides is 1. The van der Waals surface area contributed by atoms with E-state index in [-0.39, 0.29) is 34.7 Å². The molecule has 0 radical (unpaired) electrons.